The Morgan fingerprint density at radius 3 is 2.17 bits per heavy atom. The summed E-state index contributed by atoms with van der Waals surface area (Å²) in [5.41, 5.74) is 2.13. The zero-order chi connectivity index (χ0) is 13.3. The van der Waals surface area contributed by atoms with Gasteiger partial charge in [0.25, 0.3) is 0 Å². The Hall–Kier alpha value is -1.84. The molecule has 0 amide bonds. The summed E-state index contributed by atoms with van der Waals surface area (Å²) in [5.74, 6) is 0. The summed E-state index contributed by atoms with van der Waals surface area (Å²) in [4.78, 5) is 4.06. The van der Waals surface area contributed by atoms with E-state index < -0.39 is 11.7 Å². The summed E-state index contributed by atoms with van der Waals surface area (Å²) < 4.78 is 37.9. The van der Waals surface area contributed by atoms with Crippen LogP contribution >= 0.6 is 0 Å². The van der Waals surface area contributed by atoms with Crippen molar-refractivity contribution < 1.29 is 13.2 Å². The normalized spacial score (nSPS) is 11.6. The van der Waals surface area contributed by atoms with E-state index in [1.165, 1.54) is 13.0 Å². The van der Waals surface area contributed by atoms with Crippen molar-refractivity contribution in [2.24, 2.45) is 0 Å². The summed E-state index contributed by atoms with van der Waals surface area (Å²) in [6.07, 6.45) is -2.64. The van der Waals surface area contributed by atoms with Crippen LogP contribution < -0.4 is 0 Å². The number of hydrogen-bond donors (Lipinski definition) is 0. The second-order valence-electron chi connectivity index (χ2n) is 4.21. The monoisotopic (exact) mass is 251 g/mol. The highest BCUT2D eigenvalue weighted by Crippen LogP contribution is 2.33. The van der Waals surface area contributed by atoms with Crippen molar-refractivity contribution in [3.05, 3.63) is 53.3 Å². The lowest BCUT2D eigenvalue weighted by atomic mass is 10.00. The Labute approximate surface area is 103 Å². The molecule has 0 radical (unpaired) electrons. The van der Waals surface area contributed by atoms with Gasteiger partial charge < -0.3 is 0 Å². The molecule has 0 fully saturated rings. The minimum Gasteiger partial charge on any atom is -0.262 e. The van der Waals surface area contributed by atoms with Crippen LogP contribution in [0.25, 0.3) is 11.1 Å². The third-order valence-corrected chi connectivity index (χ3v) is 2.76. The van der Waals surface area contributed by atoms with Crippen molar-refractivity contribution in [2.75, 3.05) is 0 Å². The Morgan fingerprint density at radius 2 is 1.61 bits per heavy atom. The molecule has 0 atom stereocenters. The molecule has 0 spiro atoms. The Bertz CT molecular complexity index is 573. The first-order valence-corrected chi connectivity index (χ1v) is 5.49. The molecule has 2 aromatic rings. The van der Waals surface area contributed by atoms with Crippen LogP contribution in [0.4, 0.5) is 13.2 Å². The summed E-state index contributed by atoms with van der Waals surface area (Å²) in [6, 6.07) is 7.81. The smallest absolute Gasteiger partial charge is 0.262 e. The van der Waals surface area contributed by atoms with Crippen LogP contribution in [0.15, 0.2) is 36.5 Å². The highest BCUT2D eigenvalue weighted by molar-refractivity contribution is 5.65. The number of rotatable bonds is 1. The molecular formula is C14H12F3N. The molecule has 4 heteroatoms. The highest BCUT2D eigenvalue weighted by Gasteiger charge is 2.32. The van der Waals surface area contributed by atoms with Gasteiger partial charge in [-0.25, -0.2) is 0 Å². The van der Waals surface area contributed by atoms with E-state index in [1.807, 2.05) is 13.0 Å². The van der Waals surface area contributed by atoms with Crippen LogP contribution in [0.1, 0.15) is 16.8 Å². The average Bonchev–Trinajstić information content (AvgIpc) is 2.27. The van der Waals surface area contributed by atoms with Gasteiger partial charge in [-0.3, -0.25) is 4.98 Å². The maximum atomic E-state index is 12.6. The summed E-state index contributed by atoms with van der Waals surface area (Å²) in [5, 5.41) is 0. The lowest BCUT2D eigenvalue weighted by molar-refractivity contribution is -0.138. The maximum absolute atomic E-state index is 12.6. The van der Waals surface area contributed by atoms with Crippen molar-refractivity contribution in [1.82, 2.24) is 4.98 Å². The molecule has 1 nitrogen and oxygen atoms in total. The van der Waals surface area contributed by atoms with E-state index >= 15 is 0 Å². The number of aromatic nitrogens is 1. The first kappa shape index (κ1) is 12.6. The van der Waals surface area contributed by atoms with Crippen LogP contribution in [0.3, 0.4) is 0 Å². The quantitative estimate of drug-likeness (QED) is 0.732. The molecule has 94 valence electrons. The lowest BCUT2D eigenvalue weighted by Crippen LogP contribution is -2.07. The van der Waals surface area contributed by atoms with Gasteiger partial charge >= 0.3 is 6.18 Å². The van der Waals surface area contributed by atoms with E-state index in [1.54, 1.807) is 18.3 Å². The molecule has 1 heterocycles. The van der Waals surface area contributed by atoms with E-state index in [9.17, 15) is 13.2 Å². The fourth-order valence-electron chi connectivity index (χ4n) is 1.89. The predicted octanol–water partition coefficient (Wildman–Crippen LogP) is 4.38. The first-order chi connectivity index (χ1) is 8.38. The molecule has 0 aliphatic rings. The number of alkyl halides is 3. The summed E-state index contributed by atoms with van der Waals surface area (Å²) >= 11 is 0. The molecule has 0 bridgehead atoms. The van der Waals surface area contributed by atoms with Gasteiger partial charge in [0, 0.05) is 11.9 Å². The second-order valence-corrected chi connectivity index (χ2v) is 4.21. The van der Waals surface area contributed by atoms with Gasteiger partial charge in [-0.15, -0.1) is 0 Å². The van der Waals surface area contributed by atoms with Gasteiger partial charge in [0.1, 0.15) is 0 Å². The fraction of sp³-hybridized carbons (Fsp3) is 0.214. The van der Waals surface area contributed by atoms with Crippen LogP contribution in [-0.2, 0) is 6.18 Å². The third-order valence-electron chi connectivity index (χ3n) is 2.76. The number of hydrogen-bond acceptors (Lipinski definition) is 1. The second kappa shape index (κ2) is 4.44. The predicted molar refractivity (Wildman–Crippen MR) is 64.1 cm³/mol. The molecule has 0 aliphatic carbocycles. The standard InChI is InChI=1S/C14H12F3N/c1-9-7-11(3-4-13(9)14(15,16)17)12-5-6-18-10(2)8-12/h3-8H,1-2H3. The Kier molecular flexibility index (Phi) is 3.11. The fourth-order valence-corrected chi connectivity index (χ4v) is 1.89. The number of pyridine rings is 1. The zero-order valence-electron chi connectivity index (χ0n) is 10.0. The van der Waals surface area contributed by atoms with Gasteiger partial charge in [-0.2, -0.15) is 13.2 Å². The number of aryl methyl sites for hydroxylation is 2. The van der Waals surface area contributed by atoms with Gasteiger partial charge in [-0.05, 0) is 48.7 Å². The van der Waals surface area contributed by atoms with E-state index in [0.717, 1.165) is 22.9 Å². The molecule has 0 saturated heterocycles. The van der Waals surface area contributed by atoms with Crippen molar-refractivity contribution in [3.8, 4) is 11.1 Å². The van der Waals surface area contributed by atoms with E-state index in [-0.39, 0.29) is 5.56 Å². The number of halogens is 3. The van der Waals surface area contributed by atoms with Crippen molar-refractivity contribution in [3.63, 3.8) is 0 Å². The van der Waals surface area contributed by atoms with Gasteiger partial charge in [0.15, 0.2) is 0 Å². The van der Waals surface area contributed by atoms with E-state index in [2.05, 4.69) is 4.98 Å². The molecule has 0 N–H and O–H groups in total. The number of benzene rings is 1. The highest BCUT2D eigenvalue weighted by atomic mass is 19.4. The summed E-state index contributed by atoms with van der Waals surface area (Å²) in [7, 11) is 0. The van der Waals surface area contributed by atoms with Crippen LogP contribution in [0.2, 0.25) is 0 Å². The third kappa shape index (κ3) is 2.53. The molecule has 0 saturated carbocycles. The molecule has 0 aliphatic heterocycles. The van der Waals surface area contributed by atoms with Gasteiger partial charge in [-0.1, -0.05) is 12.1 Å². The molecule has 18 heavy (non-hydrogen) atoms. The van der Waals surface area contributed by atoms with Gasteiger partial charge in [0.2, 0.25) is 0 Å². The molecule has 2 rings (SSSR count). The van der Waals surface area contributed by atoms with Crippen LogP contribution in [0.5, 0.6) is 0 Å². The van der Waals surface area contributed by atoms with Crippen LogP contribution in [-0.4, -0.2) is 4.98 Å². The molecular weight excluding hydrogens is 239 g/mol. The molecule has 0 unspecified atom stereocenters. The topological polar surface area (TPSA) is 12.9 Å². The SMILES string of the molecule is Cc1cc(-c2ccc(C(F)(F)F)c(C)c2)ccn1. The minimum absolute atomic E-state index is 0.231. The molecule has 1 aromatic heterocycles. The maximum Gasteiger partial charge on any atom is 0.416 e. The number of nitrogens with zero attached hydrogens (tertiary/aromatic N) is 1. The lowest BCUT2D eigenvalue weighted by Gasteiger charge is -2.11. The van der Waals surface area contributed by atoms with Crippen molar-refractivity contribution in [1.29, 1.82) is 0 Å². The largest absolute Gasteiger partial charge is 0.416 e. The van der Waals surface area contributed by atoms with E-state index in [0.29, 0.717) is 0 Å². The first-order valence-electron chi connectivity index (χ1n) is 5.49. The summed E-state index contributed by atoms with van der Waals surface area (Å²) in [6.45, 7) is 3.32. The zero-order valence-corrected chi connectivity index (χ0v) is 10.0. The minimum atomic E-state index is -4.29. The average molecular weight is 251 g/mol. The Balaban J connectivity index is 2.47. The van der Waals surface area contributed by atoms with Crippen LogP contribution in [0, 0.1) is 13.8 Å². The Morgan fingerprint density at radius 1 is 0.944 bits per heavy atom. The van der Waals surface area contributed by atoms with Crippen molar-refractivity contribution >= 4 is 0 Å². The van der Waals surface area contributed by atoms with Gasteiger partial charge in [0.05, 0.1) is 5.56 Å². The molecule has 1 aromatic carbocycles. The van der Waals surface area contributed by atoms with E-state index in [4.69, 9.17) is 0 Å². The van der Waals surface area contributed by atoms with Crippen molar-refractivity contribution in [2.45, 2.75) is 20.0 Å².